The summed E-state index contributed by atoms with van der Waals surface area (Å²) in [7, 11) is 0. The zero-order valence-corrected chi connectivity index (χ0v) is 13.4. The van der Waals surface area contributed by atoms with Crippen LogP contribution in [-0.4, -0.2) is 27.1 Å². The van der Waals surface area contributed by atoms with Crippen LogP contribution in [-0.2, 0) is 16.1 Å². The Bertz CT molecular complexity index is 870. The maximum absolute atomic E-state index is 12.2. The molecule has 6 nitrogen and oxygen atoms in total. The van der Waals surface area contributed by atoms with Crippen molar-refractivity contribution < 1.29 is 9.53 Å². The molecular weight excluding hydrogens is 292 g/mol. The molecule has 0 atom stereocenters. The van der Waals surface area contributed by atoms with Gasteiger partial charge < -0.3 is 15.0 Å². The predicted molar refractivity (Wildman–Crippen MR) is 90.1 cm³/mol. The number of aryl methyl sites for hydroxylation is 1. The highest BCUT2D eigenvalue weighted by atomic mass is 16.5. The number of rotatable bonds is 5. The first-order valence-corrected chi connectivity index (χ1v) is 7.77. The number of nitrogens with two attached hydrogens (primary N) is 1. The molecule has 2 aromatic heterocycles. The first-order chi connectivity index (χ1) is 11.1. The predicted octanol–water partition coefficient (Wildman–Crippen LogP) is 2.82. The van der Waals surface area contributed by atoms with Crippen LogP contribution in [0.4, 0.5) is 5.82 Å². The van der Waals surface area contributed by atoms with Gasteiger partial charge in [-0.3, -0.25) is 4.79 Å². The molecule has 0 bridgehead atoms. The van der Waals surface area contributed by atoms with Crippen molar-refractivity contribution in [2.75, 3.05) is 12.3 Å². The molecule has 120 valence electrons. The van der Waals surface area contributed by atoms with Gasteiger partial charge in [0, 0.05) is 5.39 Å². The minimum atomic E-state index is -0.266. The Morgan fingerprint density at radius 2 is 2.17 bits per heavy atom. The maximum atomic E-state index is 12.2. The number of para-hydroxylation sites is 1. The van der Waals surface area contributed by atoms with Gasteiger partial charge in [-0.1, -0.05) is 31.5 Å². The number of nitrogens with zero attached hydrogens (tertiary/aromatic N) is 3. The summed E-state index contributed by atoms with van der Waals surface area (Å²) in [6, 6.07) is 5.94. The molecule has 1 aromatic carbocycles. The topological polar surface area (TPSA) is 83.0 Å². The minimum Gasteiger partial charge on any atom is -0.464 e. The van der Waals surface area contributed by atoms with Crippen LogP contribution in [0.3, 0.4) is 0 Å². The van der Waals surface area contributed by atoms with Gasteiger partial charge >= 0.3 is 5.97 Å². The Hall–Kier alpha value is -2.63. The molecule has 0 fully saturated rings. The van der Waals surface area contributed by atoms with E-state index in [1.165, 1.54) is 6.33 Å². The second kappa shape index (κ2) is 6.24. The zero-order chi connectivity index (χ0) is 16.4. The van der Waals surface area contributed by atoms with Crippen molar-refractivity contribution in [1.82, 2.24) is 14.5 Å². The van der Waals surface area contributed by atoms with Crippen LogP contribution in [0.5, 0.6) is 0 Å². The van der Waals surface area contributed by atoms with Crippen molar-refractivity contribution in [2.45, 2.75) is 33.2 Å². The van der Waals surface area contributed by atoms with E-state index in [0.29, 0.717) is 18.1 Å². The fourth-order valence-corrected chi connectivity index (χ4v) is 2.84. The fraction of sp³-hybridized carbons (Fsp3) is 0.353. The molecule has 3 aromatic rings. The van der Waals surface area contributed by atoms with Gasteiger partial charge in [-0.25, -0.2) is 9.97 Å². The summed E-state index contributed by atoms with van der Waals surface area (Å²) in [4.78, 5) is 20.6. The number of esters is 1. The molecule has 0 spiro atoms. The van der Waals surface area contributed by atoms with E-state index in [-0.39, 0.29) is 12.5 Å². The second-order valence-corrected chi connectivity index (χ2v) is 5.59. The van der Waals surface area contributed by atoms with E-state index in [2.05, 4.69) is 16.9 Å². The number of aromatic nitrogens is 3. The fourth-order valence-electron chi connectivity index (χ4n) is 2.84. The average Bonchev–Trinajstić information content (AvgIpc) is 2.84. The smallest absolute Gasteiger partial charge is 0.326 e. The Balaban J connectivity index is 2.10. The van der Waals surface area contributed by atoms with Crippen molar-refractivity contribution in [3.05, 3.63) is 30.1 Å². The highest BCUT2D eigenvalue weighted by Gasteiger charge is 2.18. The average molecular weight is 312 g/mol. The number of unbranched alkanes of at least 4 members (excludes halogenated alkanes) is 1. The molecule has 0 saturated heterocycles. The molecule has 6 heteroatoms. The monoisotopic (exact) mass is 312 g/mol. The molecular formula is C17H20N4O2. The molecule has 0 aliphatic heterocycles. The minimum absolute atomic E-state index is 0.116. The van der Waals surface area contributed by atoms with Gasteiger partial charge in [-0.05, 0) is 18.9 Å². The van der Waals surface area contributed by atoms with E-state index in [4.69, 9.17) is 10.5 Å². The lowest BCUT2D eigenvalue weighted by Crippen LogP contribution is -2.14. The van der Waals surface area contributed by atoms with E-state index in [9.17, 15) is 4.79 Å². The molecule has 2 heterocycles. The summed E-state index contributed by atoms with van der Waals surface area (Å²) in [5.41, 5.74) is 8.70. The first kappa shape index (κ1) is 15.3. The van der Waals surface area contributed by atoms with Gasteiger partial charge in [0.2, 0.25) is 0 Å². The number of hydrogen-bond acceptors (Lipinski definition) is 5. The van der Waals surface area contributed by atoms with Crippen LogP contribution in [0.25, 0.3) is 21.9 Å². The van der Waals surface area contributed by atoms with Crippen LogP contribution in [0.15, 0.2) is 24.5 Å². The first-order valence-electron chi connectivity index (χ1n) is 7.77. The number of carbonyl (C=O) groups excluding carboxylic acids is 1. The molecule has 0 saturated carbocycles. The molecule has 0 amide bonds. The third-order valence-electron chi connectivity index (χ3n) is 3.94. The number of ether oxygens (including phenoxy) is 1. The van der Waals surface area contributed by atoms with Crippen molar-refractivity contribution in [3.63, 3.8) is 0 Å². The van der Waals surface area contributed by atoms with Crippen LogP contribution in [0.2, 0.25) is 0 Å². The molecule has 0 unspecified atom stereocenters. The van der Waals surface area contributed by atoms with E-state index in [1.54, 1.807) is 0 Å². The summed E-state index contributed by atoms with van der Waals surface area (Å²) >= 11 is 0. The number of carbonyl (C=O) groups is 1. The quantitative estimate of drug-likeness (QED) is 0.578. The van der Waals surface area contributed by atoms with Crippen LogP contribution in [0.1, 0.15) is 25.3 Å². The summed E-state index contributed by atoms with van der Waals surface area (Å²) in [6.45, 7) is 4.63. The Morgan fingerprint density at radius 1 is 1.35 bits per heavy atom. The van der Waals surface area contributed by atoms with Crippen molar-refractivity contribution >= 4 is 33.7 Å². The molecule has 0 aliphatic carbocycles. The number of fused-ring (bicyclic) bond motifs is 3. The molecule has 0 radical (unpaired) electrons. The number of benzene rings is 1. The molecule has 2 N–H and O–H groups in total. The van der Waals surface area contributed by atoms with Crippen molar-refractivity contribution in [3.8, 4) is 0 Å². The summed E-state index contributed by atoms with van der Waals surface area (Å²) in [5.74, 6) is 0.154. The van der Waals surface area contributed by atoms with E-state index >= 15 is 0 Å². The molecule has 0 aliphatic rings. The lowest BCUT2D eigenvalue weighted by Gasteiger charge is -2.08. The standard InChI is InChI=1S/C17H20N4O2/c1-3-4-8-23-13(22)9-21-15-11(2)6-5-7-12(15)14-16(18)19-10-20-17(14)21/h5-7,10H,3-4,8-9H2,1-2H3,(H2,18,19,20). The Labute approximate surface area is 134 Å². The van der Waals surface area contributed by atoms with E-state index in [1.807, 2.05) is 29.7 Å². The van der Waals surface area contributed by atoms with Crippen LogP contribution in [0, 0.1) is 6.92 Å². The summed E-state index contributed by atoms with van der Waals surface area (Å²) in [5, 5.41) is 1.74. The lowest BCUT2D eigenvalue weighted by atomic mass is 10.1. The largest absolute Gasteiger partial charge is 0.464 e. The Morgan fingerprint density at radius 3 is 2.96 bits per heavy atom. The van der Waals surface area contributed by atoms with Crippen molar-refractivity contribution in [2.24, 2.45) is 0 Å². The third-order valence-corrected chi connectivity index (χ3v) is 3.94. The highest BCUT2D eigenvalue weighted by Crippen LogP contribution is 2.32. The second-order valence-electron chi connectivity index (χ2n) is 5.59. The SMILES string of the molecule is CCCCOC(=O)Cn1c2ncnc(N)c2c2cccc(C)c21. The highest BCUT2D eigenvalue weighted by molar-refractivity contribution is 6.12. The van der Waals surface area contributed by atoms with Gasteiger partial charge in [0.1, 0.15) is 24.3 Å². The normalized spacial score (nSPS) is 11.2. The van der Waals surface area contributed by atoms with Gasteiger partial charge in [0.05, 0.1) is 17.5 Å². The Kier molecular flexibility index (Phi) is 4.14. The van der Waals surface area contributed by atoms with Crippen LogP contribution >= 0.6 is 0 Å². The van der Waals surface area contributed by atoms with Gasteiger partial charge in [0.25, 0.3) is 0 Å². The van der Waals surface area contributed by atoms with Crippen LogP contribution < -0.4 is 5.73 Å². The summed E-state index contributed by atoms with van der Waals surface area (Å²) in [6.07, 6.45) is 3.28. The van der Waals surface area contributed by atoms with Gasteiger partial charge in [-0.15, -0.1) is 0 Å². The summed E-state index contributed by atoms with van der Waals surface area (Å²) < 4.78 is 7.16. The third kappa shape index (κ3) is 2.72. The molecule has 3 rings (SSSR count). The number of nitrogen functional groups attached to an aromatic ring is 1. The van der Waals surface area contributed by atoms with E-state index < -0.39 is 0 Å². The number of anilines is 1. The zero-order valence-electron chi connectivity index (χ0n) is 13.4. The maximum Gasteiger partial charge on any atom is 0.326 e. The van der Waals surface area contributed by atoms with Gasteiger partial charge in [0.15, 0.2) is 0 Å². The van der Waals surface area contributed by atoms with Crippen molar-refractivity contribution in [1.29, 1.82) is 0 Å². The number of hydrogen-bond donors (Lipinski definition) is 1. The lowest BCUT2D eigenvalue weighted by molar-refractivity contribution is -0.144. The van der Waals surface area contributed by atoms with Gasteiger partial charge in [-0.2, -0.15) is 0 Å². The molecule has 23 heavy (non-hydrogen) atoms. The van der Waals surface area contributed by atoms with E-state index in [0.717, 1.165) is 34.7 Å².